The van der Waals surface area contributed by atoms with Crippen molar-refractivity contribution < 1.29 is 12.8 Å². The first-order valence-corrected chi connectivity index (χ1v) is 11.5. The smallest absolute Gasteiger partial charge is 0.194 e. The van der Waals surface area contributed by atoms with Gasteiger partial charge in [-0.05, 0) is 38.2 Å². The number of nitrogens with one attached hydrogen (secondary N) is 1. The number of rotatable bonds is 5. The Morgan fingerprint density at radius 2 is 2.08 bits per heavy atom. The average Bonchev–Trinajstić information content (AvgIpc) is 3.17. The van der Waals surface area contributed by atoms with Gasteiger partial charge in [-0.25, -0.2) is 8.42 Å². The molecule has 1 aromatic rings. The van der Waals surface area contributed by atoms with Gasteiger partial charge in [0, 0.05) is 31.7 Å². The lowest BCUT2D eigenvalue weighted by atomic mass is 9.96. The number of hydrogen-bond acceptors (Lipinski definition) is 4. The first kappa shape index (κ1) is 19.3. The Bertz CT molecular complexity index is 720. The third-order valence-corrected chi connectivity index (χ3v) is 7.34. The van der Waals surface area contributed by atoms with Crippen LogP contribution in [0.1, 0.15) is 49.8 Å². The molecule has 6 nitrogen and oxygen atoms in total. The molecular weight excluding hydrogens is 350 g/mol. The zero-order valence-corrected chi connectivity index (χ0v) is 16.7. The van der Waals surface area contributed by atoms with Crippen LogP contribution in [0.25, 0.3) is 0 Å². The molecule has 1 aliphatic carbocycles. The van der Waals surface area contributed by atoms with Gasteiger partial charge in [-0.15, -0.1) is 0 Å². The zero-order chi connectivity index (χ0) is 18.6. The predicted molar refractivity (Wildman–Crippen MR) is 104 cm³/mol. The second-order valence-electron chi connectivity index (χ2n) is 7.77. The van der Waals surface area contributed by atoms with Gasteiger partial charge < -0.3 is 14.6 Å². The van der Waals surface area contributed by atoms with Crippen molar-refractivity contribution in [1.82, 2.24) is 10.2 Å². The summed E-state index contributed by atoms with van der Waals surface area (Å²) in [5.41, 5.74) is 1.15. The van der Waals surface area contributed by atoms with E-state index in [0.29, 0.717) is 18.3 Å². The van der Waals surface area contributed by atoms with E-state index in [1.54, 1.807) is 6.26 Å². The van der Waals surface area contributed by atoms with E-state index in [9.17, 15) is 8.42 Å². The van der Waals surface area contributed by atoms with Crippen molar-refractivity contribution in [2.45, 2.75) is 58.0 Å². The molecule has 26 heavy (non-hydrogen) atoms. The molecule has 2 fully saturated rings. The number of aryl methyl sites for hydroxylation is 1. The summed E-state index contributed by atoms with van der Waals surface area (Å²) in [6, 6.07) is 2.45. The van der Waals surface area contributed by atoms with E-state index in [2.05, 4.69) is 10.2 Å². The summed E-state index contributed by atoms with van der Waals surface area (Å²) in [6.07, 6.45) is 8.63. The van der Waals surface area contributed by atoms with Gasteiger partial charge in [-0.2, -0.15) is 0 Å². The SMILES string of the molecule is Cc1occc1CN(C)C(=NCC1CCS(=O)(=O)C1)NC1CCCCC1. The molecule has 2 heterocycles. The molecule has 7 heteroatoms. The van der Waals surface area contributed by atoms with Crippen molar-refractivity contribution in [2.75, 3.05) is 25.1 Å². The fraction of sp³-hybridized carbons (Fsp3) is 0.737. The van der Waals surface area contributed by atoms with Gasteiger partial charge in [-0.3, -0.25) is 4.99 Å². The summed E-state index contributed by atoms with van der Waals surface area (Å²) in [5.74, 6) is 2.53. The van der Waals surface area contributed by atoms with Crippen molar-refractivity contribution in [3.05, 3.63) is 23.7 Å². The molecule has 2 aliphatic rings. The maximum absolute atomic E-state index is 11.7. The minimum absolute atomic E-state index is 0.146. The van der Waals surface area contributed by atoms with Crippen molar-refractivity contribution in [1.29, 1.82) is 0 Å². The Morgan fingerprint density at radius 1 is 1.31 bits per heavy atom. The highest BCUT2D eigenvalue weighted by Gasteiger charge is 2.28. The molecule has 0 radical (unpaired) electrons. The molecule has 1 saturated heterocycles. The maximum atomic E-state index is 11.7. The molecule has 0 spiro atoms. The van der Waals surface area contributed by atoms with Crippen LogP contribution in [0, 0.1) is 12.8 Å². The van der Waals surface area contributed by atoms with Crippen molar-refractivity contribution in [3.8, 4) is 0 Å². The van der Waals surface area contributed by atoms with Gasteiger partial charge in [0.25, 0.3) is 0 Å². The molecule has 0 aromatic carbocycles. The highest BCUT2D eigenvalue weighted by atomic mass is 32.2. The van der Waals surface area contributed by atoms with E-state index in [0.717, 1.165) is 30.2 Å². The van der Waals surface area contributed by atoms with Crippen LogP contribution in [0.4, 0.5) is 0 Å². The van der Waals surface area contributed by atoms with Crippen LogP contribution < -0.4 is 5.32 Å². The average molecular weight is 382 g/mol. The zero-order valence-electron chi connectivity index (χ0n) is 15.9. The number of hydrogen-bond donors (Lipinski definition) is 1. The minimum Gasteiger partial charge on any atom is -0.469 e. The standard InChI is InChI=1S/C19H31N3O3S/c1-15-17(8-10-25-15)13-22(2)19(21-18-6-4-3-5-7-18)20-12-16-9-11-26(23,24)14-16/h8,10,16,18H,3-7,9,11-14H2,1-2H3,(H,20,21). The molecule has 1 aromatic heterocycles. The van der Waals surface area contributed by atoms with Gasteiger partial charge in [0.1, 0.15) is 5.76 Å². The van der Waals surface area contributed by atoms with Crippen LogP contribution in [0.3, 0.4) is 0 Å². The molecule has 1 unspecified atom stereocenters. The lowest BCUT2D eigenvalue weighted by Gasteiger charge is -2.29. The molecule has 0 amide bonds. The molecule has 3 rings (SSSR count). The Morgan fingerprint density at radius 3 is 2.69 bits per heavy atom. The van der Waals surface area contributed by atoms with Gasteiger partial charge >= 0.3 is 0 Å². The molecule has 1 N–H and O–H groups in total. The molecular formula is C19H31N3O3S. The summed E-state index contributed by atoms with van der Waals surface area (Å²) in [7, 11) is -0.819. The first-order chi connectivity index (χ1) is 12.4. The quantitative estimate of drug-likeness (QED) is 0.627. The number of aliphatic imine (C=N–C) groups is 1. The van der Waals surface area contributed by atoms with E-state index >= 15 is 0 Å². The van der Waals surface area contributed by atoms with Crippen LogP contribution in [0.5, 0.6) is 0 Å². The molecule has 1 saturated carbocycles. The first-order valence-electron chi connectivity index (χ1n) is 9.68. The predicted octanol–water partition coefficient (Wildman–Crippen LogP) is 2.73. The topological polar surface area (TPSA) is 74.9 Å². The van der Waals surface area contributed by atoms with Crippen LogP contribution in [0.2, 0.25) is 0 Å². The summed E-state index contributed by atoms with van der Waals surface area (Å²) >= 11 is 0. The van der Waals surface area contributed by atoms with Gasteiger partial charge in [0.05, 0.1) is 17.8 Å². The van der Waals surface area contributed by atoms with Crippen LogP contribution in [-0.2, 0) is 16.4 Å². The third kappa shape index (κ3) is 5.25. The van der Waals surface area contributed by atoms with E-state index in [1.165, 1.54) is 32.1 Å². The second-order valence-corrected chi connectivity index (χ2v) is 10.00. The lowest BCUT2D eigenvalue weighted by molar-refractivity contribution is 0.384. The summed E-state index contributed by atoms with van der Waals surface area (Å²) in [6.45, 7) is 3.27. The second kappa shape index (κ2) is 8.46. The van der Waals surface area contributed by atoms with Crippen LogP contribution in [-0.4, -0.2) is 50.4 Å². The summed E-state index contributed by atoms with van der Waals surface area (Å²) < 4.78 is 28.8. The summed E-state index contributed by atoms with van der Waals surface area (Å²) in [4.78, 5) is 6.93. The third-order valence-electron chi connectivity index (χ3n) is 5.50. The van der Waals surface area contributed by atoms with E-state index in [4.69, 9.17) is 9.41 Å². The largest absolute Gasteiger partial charge is 0.469 e. The van der Waals surface area contributed by atoms with Gasteiger partial charge in [0.2, 0.25) is 0 Å². The van der Waals surface area contributed by atoms with Crippen LogP contribution >= 0.6 is 0 Å². The van der Waals surface area contributed by atoms with Crippen LogP contribution in [0.15, 0.2) is 21.7 Å². The molecule has 1 aliphatic heterocycles. The summed E-state index contributed by atoms with van der Waals surface area (Å²) in [5, 5.41) is 3.63. The number of furan rings is 1. The Labute approximate surface area is 157 Å². The number of nitrogens with zero attached hydrogens (tertiary/aromatic N) is 2. The normalized spacial score (nSPS) is 23.9. The minimum atomic E-state index is -2.85. The van der Waals surface area contributed by atoms with E-state index < -0.39 is 9.84 Å². The van der Waals surface area contributed by atoms with Crippen molar-refractivity contribution in [2.24, 2.45) is 10.9 Å². The Balaban J connectivity index is 1.67. The van der Waals surface area contributed by atoms with Crippen molar-refractivity contribution in [3.63, 3.8) is 0 Å². The van der Waals surface area contributed by atoms with E-state index in [-0.39, 0.29) is 11.7 Å². The maximum Gasteiger partial charge on any atom is 0.194 e. The van der Waals surface area contributed by atoms with Crippen molar-refractivity contribution >= 4 is 15.8 Å². The monoisotopic (exact) mass is 381 g/mol. The van der Waals surface area contributed by atoms with Gasteiger partial charge in [-0.1, -0.05) is 19.3 Å². The molecule has 146 valence electrons. The Hall–Kier alpha value is -1.50. The van der Waals surface area contributed by atoms with E-state index in [1.807, 2.05) is 20.0 Å². The Kier molecular flexibility index (Phi) is 6.27. The highest BCUT2D eigenvalue weighted by Crippen LogP contribution is 2.20. The molecule has 0 bridgehead atoms. The fourth-order valence-corrected chi connectivity index (χ4v) is 5.69. The number of guanidine groups is 1. The fourth-order valence-electron chi connectivity index (χ4n) is 3.84. The highest BCUT2D eigenvalue weighted by molar-refractivity contribution is 7.91. The molecule has 1 atom stereocenters. The number of sulfone groups is 1. The van der Waals surface area contributed by atoms with Gasteiger partial charge in [0.15, 0.2) is 15.8 Å². The lowest BCUT2D eigenvalue weighted by Crippen LogP contribution is -2.45.